The molecule has 7 rings (SSSR count). The van der Waals surface area contributed by atoms with E-state index < -0.39 is 12.0 Å². The number of amides is 2. The van der Waals surface area contributed by atoms with Crippen molar-refractivity contribution in [3.8, 4) is 34.3 Å². The van der Waals surface area contributed by atoms with E-state index in [0.29, 0.717) is 81.9 Å². The van der Waals surface area contributed by atoms with E-state index >= 15 is 0 Å². The van der Waals surface area contributed by atoms with E-state index in [1.54, 1.807) is 44.5 Å². The zero-order chi connectivity index (χ0) is 54.1. The van der Waals surface area contributed by atoms with E-state index in [4.69, 9.17) is 38.4 Å². The number of benzene rings is 3. The van der Waals surface area contributed by atoms with Gasteiger partial charge in [-0.05, 0) is 112 Å². The predicted octanol–water partition coefficient (Wildman–Crippen LogP) is 9.60. The fraction of sp³-hybridized carbons (Fsp3) is 0.370. The molecular formula is C54H63Cl2N11O7S2. The molecule has 402 valence electrons. The fourth-order valence-corrected chi connectivity index (χ4v) is 11.2. The lowest BCUT2D eigenvalue weighted by atomic mass is 9.95. The summed E-state index contributed by atoms with van der Waals surface area (Å²) in [5.74, 6) is 1.63. The van der Waals surface area contributed by atoms with Crippen LogP contribution in [0.3, 0.4) is 0 Å². The van der Waals surface area contributed by atoms with Crippen molar-refractivity contribution in [1.29, 1.82) is 0 Å². The van der Waals surface area contributed by atoms with E-state index in [2.05, 4.69) is 45.9 Å². The number of piperidine rings is 1. The third-order valence-electron chi connectivity index (χ3n) is 12.5. The zero-order valence-corrected chi connectivity index (χ0v) is 45.9. The second-order valence-corrected chi connectivity index (χ2v) is 21.7. The van der Waals surface area contributed by atoms with Crippen LogP contribution in [0.4, 0.5) is 0 Å². The van der Waals surface area contributed by atoms with Gasteiger partial charge in [0.2, 0.25) is 11.7 Å². The summed E-state index contributed by atoms with van der Waals surface area (Å²) in [6, 6.07) is 16.4. The minimum Gasteiger partial charge on any atom is -0.508 e. The molecule has 76 heavy (non-hydrogen) atoms. The fourth-order valence-electron chi connectivity index (χ4n) is 8.50. The number of hydrogen-bond acceptors (Lipinski definition) is 16. The van der Waals surface area contributed by atoms with Gasteiger partial charge in [0.05, 0.1) is 33.4 Å². The molecule has 3 aromatic carbocycles. The van der Waals surface area contributed by atoms with Crippen molar-refractivity contribution >= 4 is 85.8 Å². The second-order valence-electron chi connectivity index (χ2n) is 18.2. The van der Waals surface area contributed by atoms with Crippen LogP contribution in [0.1, 0.15) is 98.4 Å². The number of phenolic OH excluding ortho intramolecular Hbond substituents is 2. The number of hydrogen-bond donors (Lipinski definition) is 6. The monoisotopic (exact) mass is 1110 g/mol. The number of allylic oxidation sites excluding steroid dienone is 2. The highest BCUT2D eigenvalue weighted by molar-refractivity contribution is 8.76. The number of aromatic amines is 1. The molecule has 0 aliphatic carbocycles. The Hall–Kier alpha value is -6.58. The van der Waals surface area contributed by atoms with E-state index in [1.165, 1.54) is 24.7 Å². The first-order chi connectivity index (χ1) is 36.7. The Morgan fingerprint density at radius 1 is 0.974 bits per heavy atom. The summed E-state index contributed by atoms with van der Waals surface area (Å²) in [7, 11) is 3.34. The molecule has 7 N–H and O–H groups in total. The average molecular weight is 1110 g/mol. The Labute approximate surface area is 459 Å². The number of halogens is 2. The van der Waals surface area contributed by atoms with Crippen LogP contribution >= 0.6 is 44.8 Å². The van der Waals surface area contributed by atoms with Crippen molar-refractivity contribution < 1.29 is 34.1 Å². The number of nitrogens with two attached hydrogens (primary N) is 1. The maximum absolute atomic E-state index is 13.1. The number of H-pyrrole nitrogens is 1. The molecule has 1 atom stereocenters. The SMILES string of the molecule is CCNC(=O)c1nnc(-c2cc(C(C)C)c(O)cc2O)n1-c1ccc(CN2CCC(C(=O)NCCSSCCCC(=O)OCCN=CC(=CN)/C=C/c3n[nH]c4ccc(O[C@@H](C)c5c(Cl)cncc5Cl)cc34)CC2)cc1. The number of nitrogens with one attached hydrogen (secondary N) is 3. The summed E-state index contributed by atoms with van der Waals surface area (Å²) in [6.45, 7) is 11.2. The number of carbonyl (C=O) groups is 3. The van der Waals surface area contributed by atoms with Gasteiger partial charge >= 0.3 is 5.97 Å². The zero-order valence-electron chi connectivity index (χ0n) is 42.8. The number of phenols is 2. The van der Waals surface area contributed by atoms with Gasteiger partial charge in [-0.3, -0.25) is 38.9 Å². The van der Waals surface area contributed by atoms with Crippen molar-refractivity contribution in [3.63, 3.8) is 0 Å². The highest BCUT2D eigenvalue weighted by atomic mass is 35.5. The molecule has 3 aromatic heterocycles. The molecule has 0 saturated carbocycles. The minimum atomic E-state index is -0.421. The molecule has 4 heterocycles. The first-order valence-corrected chi connectivity index (χ1v) is 28.3. The smallest absolute Gasteiger partial charge is 0.305 e. The first kappa shape index (κ1) is 57.1. The van der Waals surface area contributed by atoms with Crippen LogP contribution in [0.5, 0.6) is 17.2 Å². The van der Waals surface area contributed by atoms with Gasteiger partial charge in [-0.1, -0.05) is 70.8 Å². The van der Waals surface area contributed by atoms with Crippen LogP contribution in [-0.4, -0.2) is 120 Å². The van der Waals surface area contributed by atoms with Gasteiger partial charge < -0.3 is 36.1 Å². The molecule has 0 unspecified atom stereocenters. The van der Waals surface area contributed by atoms with Gasteiger partial charge in [-0.2, -0.15) is 5.10 Å². The summed E-state index contributed by atoms with van der Waals surface area (Å²) in [4.78, 5) is 49.2. The Morgan fingerprint density at radius 2 is 1.72 bits per heavy atom. The molecule has 18 nitrogen and oxygen atoms in total. The summed E-state index contributed by atoms with van der Waals surface area (Å²) in [5.41, 5.74) is 11.4. The van der Waals surface area contributed by atoms with E-state index in [9.17, 15) is 24.6 Å². The normalized spacial score (nSPS) is 14.0. The number of aromatic nitrogens is 6. The van der Waals surface area contributed by atoms with Crippen molar-refractivity contribution in [2.75, 3.05) is 50.8 Å². The third kappa shape index (κ3) is 15.3. The number of esters is 1. The lowest BCUT2D eigenvalue weighted by Gasteiger charge is -2.31. The number of nitrogens with zero attached hydrogens (tertiary/aromatic N) is 7. The van der Waals surface area contributed by atoms with Gasteiger partial charge in [-0.25, -0.2) is 0 Å². The topological polar surface area (TPSA) is 248 Å². The Bertz CT molecular complexity index is 3030. The maximum atomic E-state index is 13.1. The summed E-state index contributed by atoms with van der Waals surface area (Å²) in [6.07, 6.45) is 11.8. The lowest BCUT2D eigenvalue weighted by molar-refractivity contribution is -0.143. The maximum Gasteiger partial charge on any atom is 0.305 e. The molecule has 2 amide bonds. The Morgan fingerprint density at radius 3 is 2.45 bits per heavy atom. The van der Waals surface area contributed by atoms with Gasteiger partial charge in [-0.15, -0.1) is 10.2 Å². The van der Waals surface area contributed by atoms with Crippen molar-refractivity contribution in [2.24, 2.45) is 16.6 Å². The number of fused-ring (bicyclic) bond motifs is 1. The minimum absolute atomic E-state index is 0.0207. The number of aliphatic imine (C=N–C) groups is 1. The quantitative estimate of drug-likeness (QED) is 0.0103. The van der Waals surface area contributed by atoms with Crippen LogP contribution in [0.2, 0.25) is 10.0 Å². The highest BCUT2D eigenvalue weighted by Gasteiger charge is 2.27. The molecule has 1 saturated heterocycles. The van der Waals surface area contributed by atoms with Crippen LogP contribution in [0.25, 0.3) is 34.1 Å². The standard InChI is InChI=1S/C54H63Cl2N11O7S2/c1-5-60-54(72)52-65-64-51(42-26-40(33(2)3)47(68)27-48(42)69)67(52)38-11-8-35(9-12-38)32-66-20-16-37(17-21-66)53(71)61-19-24-76-75-23-6-7-49(70)73-22-18-58-29-36(28-57)10-14-45-41-25-39(13-15-46(41)63-62-45)74-34(4)50-43(55)30-59-31-44(50)56/h8-15,25-31,33-34,37,68-69H,5-7,16-24,32,57H2,1-4H3,(H,60,72)(H,61,71)(H,62,63)/b14-10+,36-28?,58-29?/t34-/m0/s1. The van der Waals surface area contributed by atoms with E-state index in [-0.39, 0.29) is 60.0 Å². The van der Waals surface area contributed by atoms with E-state index in [0.717, 1.165) is 53.9 Å². The second kappa shape index (κ2) is 28.0. The van der Waals surface area contributed by atoms with Crippen molar-refractivity contribution in [3.05, 3.63) is 123 Å². The van der Waals surface area contributed by atoms with Gasteiger partial charge in [0.15, 0.2) is 5.82 Å². The summed E-state index contributed by atoms with van der Waals surface area (Å²) < 4.78 is 13.2. The van der Waals surface area contributed by atoms with Crippen molar-refractivity contribution in [2.45, 2.75) is 71.9 Å². The molecular weight excluding hydrogens is 1050 g/mol. The first-order valence-electron chi connectivity index (χ1n) is 25.1. The molecule has 0 radical (unpaired) electrons. The summed E-state index contributed by atoms with van der Waals surface area (Å²) in [5, 5.41) is 44.9. The number of pyridine rings is 1. The third-order valence-corrected chi connectivity index (χ3v) is 15.6. The molecule has 1 aliphatic heterocycles. The molecule has 1 fully saturated rings. The van der Waals surface area contributed by atoms with Gasteiger partial charge in [0.25, 0.3) is 5.91 Å². The lowest BCUT2D eigenvalue weighted by Crippen LogP contribution is -2.40. The summed E-state index contributed by atoms with van der Waals surface area (Å²) >= 11 is 12.7. The van der Waals surface area contributed by atoms with Crippen LogP contribution in [-0.2, 0) is 20.9 Å². The molecule has 1 aliphatic rings. The Kier molecular flexibility index (Phi) is 21.0. The molecule has 6 aromatic rings. The van der Waals surface area contributed by atoms with Gasteiger partial charge in [0, 0.05) is 96.6 Å². The van der Waals surface area contributed by atoms with E-state index in [1.807, 2.05) is 76.2 Å². The molecule has 22 heteroatoms. The van der Waals surface area contributed by atoms with Crippen molar-refractivity contribution in [1.82, 2.24) is 45.5 Å². The van der Waals surface area contributed by atoms with Crippen LogP contribution in [0.15, 0.2) is 89.8 Å². The molecule has 0 spiro atoms. The number of aromatic hydroxyl groups is 2. The number of rotatable bonds is 25. The number of ether oxygens (including phenoxy) is 2. The van der Waals surface area contributed by atoms with Crippen LogP contribution < -0.4 is 21.1 Å². The Balaban J connectivity index is 0.750. The number of carbonyl (C=O) groups excluding carboxylic acids is 3. The largest absolute Gasteiger partial charge is 0.508 e. The van der Waals surface area contributed by atoms with Crippen LogP contribution in [0, 0.1) is 5.92 Å². The highest BCUT2D eigenvalue weighted by Crippen LogP contribution is 2.39. The average Bonchev–Trinajstić information content (AvgIpc) is 4.03. The van der Waals surface area contributed by atoms with Gasteiger partial charge in [0.1, 0.15) is 30.0 Å². The number of likely N-dealkylation sites (tertiary alicyclic amines) is 1. The molecule has 0 bridgehead atoms. The predicted molar refractivity (Wildman–Crippen MR) is 302 cm³/mol.